The molecule has 1 saturated heterocycles. The molecule has 0 aromatic heterocycles. The van der Waals surface area contributed by atoms with Crippen molar-refractivity contribution in [3.8, 4) is 0 Å². The van der Waals surface area contributed by atoms with Crippen LogP contribution in [0.2, 0.25) is 0 Å². The third-order valence-electron chi connectivity index (χ3n) is 2.18. The third-order valence-corrected chi connectivity index (χ3v) is 2.18. The molecule has 0 spiro atoms. The van der Waals surface area contributed by atoms with Gasteiger partial charge in [-0.3, -0.25) is 4.79 Å². The van der Waals surface area contributed by atoms with Gasteiger partial charge in [-0.25, -0.2) is 4.79 Å². The highest BCUT2D eigenvalue weighted by Crippen LogP contribution is 2.19. The van der Waals surface area contributed by atoms with E-state index < -0.39 is 36.7 Å². The molecule has 1 rings (SSSR count). The van der Waals surface area contributed by atoms with Crippen molar-refractivity contribution in [3.05, 3.63) is 0 Å². The molecule has 0 aromatic carbocycles. The second-order valence-corrected chi connectivity index (χ2v) is 4.13. The van der Waals surface area contributed by atoms with Crippen molar-refractivity contribution in [2.45, 2.75) is 32.2 Å². The van der Waals surface area contributed by atoms with Gasteiger partial charge in [0, 0.05) is 0 Å². The summed E-state index contributed by atoms with van der Waals surface area (Å²) in [5, 5.41) is 18.1. The molecule has 3 atom stereocenters. The molecule has 6 nitrogen and oxygen atoms in total. The fourth-order valence-corrected chi connectivity index (χ4v) is 1.36. The molecule has 1 aliphatic rings. The van der Waals surface area contributed by atoms with Crippen LogP contribution < -0.4 is 0 Å². The van der Waals surface area contributed by atoms with Gasteiger partial charge in [-0.2, -0.15) is 0 Å². The Morgan fingerprint density at radius 3 is 2.56 bits per heavy atom. The van der Waals surface area contributed by atoms with Crippen LogP contribution in [0.3, 0.4) is 0 Å². The third kappa shape index (κ3) is 2.78. The largest absolute Gasteiger partial charge is 0.450 e. The first-order valence-corrected chi connectivity index (χ1v) is 5.12. The first-order valence-electron chi connectivity index (χ1n) is 5.12. The summed E-state index contributed by atoms with van der Waals surface area (Å²) in [7, 11) is 0. The number of aliphatic hydroxyl groups excluding tert-OH is 2. The highest BCUT2D eigenvalue weighted by molar-refractivity contribution is 6.37. The summed E-state index contributed by atoms with van der Waals surface area (Å²) in [5.74, 6) is -1.64. The van der Waals surface area contributed by atoms with E-state index in [1.54, 1.807) is 0 Å². The second kappa shape index (κ2) is 5.38. The van der Waals surface area contributed by atoms with Crippen molar-refractivity contribution in [3.63, 3.8) is 0 Å². The van der Waals surface area contributed by atoms with Crippen LogP contribution in [0.4, 0.5) is 0 Å². The minimum absolute atomic E-state index is 0.190. The van der Waals surface area contributed by atoms with Gasteiger partial charge in [-0.1, -0.05) is 13.8 Å². The number of esters is 1. The highest BCUT2D eigenvalue weighted by Gasteiger charge is 2.47. The molecule has 0 saturated carbocycles. The Labute approximate surface area is 93.2 Å². The first-order chi connectivity index (χ1) is 7.47. The molecule has 0 radical (unpaired) electrons. The Hall–Kier alpha value is -0.980. The number of ether oxygens (including phenoxy) is 2. The molecule has 2 N–H and O–H groups in total. The lowest BCUT2D eigenvalue weighted by atomic mass is 10.1. The highest BCUT2D eigenvalue weighted by atomic mass is 16.6. The van der Waals surface area contributed by atoms with Gasteiger partial charge in [0.2, 0.25) is 0 Å². The molecule has 0 aromatic rings. The summed E-state index contributed by atoms with van der Waals surface area (Å²) >= 11 is 0. The van der Waals surface area contributed by atoms with Crippen LogP contribution >= 0.6 is 0 Å². The van der Waals surface area contributed by atoms with Crippen molar-refractivity contribution >= 4 is 11.8 Å². The molecule has 0 bridgehead atoms. The number of Topliss-reactive ketones (excluding diaryl/α,β-unsaturated/α-hetero) is 1. The standard InChI is InChI=1S/C10H16O6/c1-5(2)4-15-9-7(13)10(14)16-8(9)6(12)3-11/h5-6,8-9,11-12H,3-4H2,1-2H3/t6-,8+,9?/m0/s1. The molecule has 6 heteroatoms. The summed E-state index contributed by atoms with van der Waals surface area (Å²) in [6.45, 7) is 3.47. The lowest BCUT2D eigenvalue weighted by Crippen LogP contribution is -2.41. The van der Waals surface area contributed by atoms with E-state index in [9.17, 15) is 14.7 Å². The van der Waals surface area contributed by atoms with Crippen molar-refractivity contribution in [1.29, 1.82) is 0 Å². The van der Waals surface area contributed by atoms with Gasteiger partial charge in [-0.15, -0.1) is 0 Å². The Balaban J connectivity index is 2.67. The Kier molecular flexibility index (Phi) is 4.40. The zero-order valence-electron chi connectivity index (χ0n) is 9.25. The summed E-state index contributed by atoms with van der Waals surface area (Å²) in [4.78, 5) is 22.4. The first kappa shape index (κ1) is 13.1. The van der Waals surface area contributed by atoms with E-state index in [4.69, 9.17) is 9.84 Å². The maximum atomic E-state index is 11.4. The average Bonchev–Trinajstić information content (AvgIpc) is 2.52. The monoisotopic (exact) mass is 232 g/mol. The Morgan fingerprint density at radius 1 is 1.44 bits per heavy atom. The number of rotatable bonds is 5. The average molecular weight is 232 g/mol. The summed E-state index contributed by atoms with van der Waals surface area (Å²) in [6.07, 6.45) is -3.52. The van der Waals surface area contributed by atoms with Crippen LogP contribution in [-0.4, -0.2) is 53.5 Å². The van der Waals surface area contributed by atoms with Gasteiger partial charge in [0.25, 0.3) is 5.78 Å². The fourth-order valence-electron chi connectivity index (χ4n) is 1.36. The molecule has 92 valence electrons. The number of cyclic esters (lactones) is 1. The number of hydrogen-bond acceptors (Lipinski definition) is 6. The van der Waals surface area contributed by atoms with Crippen molar-refractivity contribution < 1.29 is 29.3 Å². The van der Waals surface area contributed by atoms with Crippen LogP contribution in [0, 0.1) is 5.92 Å². The smallest absolute Gasteiger partial charge is 0.378 e. The van der Waals surface area contributed by atoms with E-state index in [0.717, 1.165) is 0 Å². The predicted molar refractivity (Wildman–Crippen MR) is 52.6 cm³/mol. The predicted octanol–water partition coefficient (Wildman–Crippen LogP) is -1.12. The summed E-state index contributed by atoms with van der Waals surface area (Å²) < 4.78 is 9.86. The van der Waals surface area contributed by atoms with E-state index in [1.165, 1.54) is 0 Å². The van der Waals surface area contributed by atoms with E-state index >= 15 is 0 Å². The van der Waals surface area contributed by atoms with Gasteiger partial charge >= 0.3 is 5.97 Å². The SMILES string of the molecule is CC(C)COC1C(=O)C(=O)O[C@@H]1[C@@H](O)CO. The van der Waals surface area contributed by atoms with Crippen LogP contribution in [0.1, 0.15) is 13.8 Å². The molecule has 0 amide bonds. The van der Waals surface area contributed by atoms with Gasteiger partial charge in [-0.05, 0) is 5.92 Å². The van der Waals surface area contributed by atoms with E-state index in [2.05, 4.69) is 4.74 Å². The molecule has 1 heterocycles. The zero-order valence-corrected chi connectivity index (χ0v) is 9.25. The summed E-state index contributed by atoms with van der Waals surface area (Å²) in [5.41, 5.74) is 0. The van der Waals surface area contributed by atoms with Crippen LogP contribution in [0.15, 0.2) is 0 Å². The molecule has 1 unspecified atom stereocenters. The maximum absolute atomic E-state index is 11.4. The molecule has 1 aliphatic heterocycles. The topological polar surface area (TPSA) is 93.1 Å². The minimum atomic E-state index is -1.30. The zero-order chi connectivity index (χ0) is 12.3. The van der Waals surface area contributed by atoms with Gasteiger partial charge in [0.05, 0.1) is 13.2 Å². The van der Waals surface area contributed by atoms with Crippen LogP contribution in [0.5, 0.6) is 0 Å². The van der Waals surface area contributed by atoms with Crippen LogP contribution in [-0.2, 0) is 19.1 Å². The van der Waals surface area contributed by atoms with Gasteiger partial charge < -0.3 is 19.7 Å². The molecular formula is C10H16O6. The number of ketones is 1. The Morgan fingerprint density at radius 2 is 2.06 bits per heavy atom. The van der Waals surface area contributed by atoms with Gasteiger partial charge in [0.1, 0.15) is 6.10 Å². The number of carbonyl (C=O) groups excluding carboxylic acids is 2. The summed E-state index contributed by atoms with van der Waals surface area (Å²) in [6, 6.07) is 0. The number of hydrogen-bond donors (Lipinski definition) is 2. The van der Waals surface area contributed by atoms with Crippen molar-refractivity contribution in [2.24, 2.45) is 5.92 Å². The van der Waals surface area contributed by atoms with Crippen LogP contribution in [0.25, 0.3) is 0 Å². The van der Waals surface area contributed by atoms with Crippen molar-refractivity contribution in [2.75, 3.05) is 13.2 Å². The fraction of sp³-hybridized carbons (Fsp3) is 0.800. The lowest BCUT2D eigenvalue weighted by Gasteiger charge is -2.21. The maximum Gasteiger partial charge on any atom is 0.378 e. The van der Waals surface area contributed by atoms with Crippen molar-refractivity contribution in [1.82, 2.24) is 0 Å². The quantitative estimate of drug-likeness (QED) is 0.460. The molecule has 0 aliphatic carbocycles. The normalized spacial score (nSPS) is 27.3. The lowest BCUT2D eigenvalue weighted by molar-refractivity contribution is -0.152. The molecule has 1 fully saturated rings. The number of aliphatic hydroxyl groups is 2. The molecular weight excluding hydrogens is 216 g/mol. The van der Waals surface area contributed by atoms with E-state index in [1.807, 2.05) is 13.8 Å². The molecule has 16 heavy (non-hydrogen) atoms. The minimum Gasteiger partial charge on any atom is -0.450 e. The Bertz CT molecular complexity index is 274. The van der Waals surface area contributed by atoms with Gasteiger partial charge in [0.15, 0.2) is 12.2 Å². The second-order valence-electron chi connectivity index (χ2n) is 4.13. The van der Waals surface area contributed by atoms with E-state index in [-0.39, 0.29) is 12.5 Å². The number of carbonyl (C=O) groups is 2. The van der Waals surface area contributed by atoms with E-state index in [0.29, 0.717) is 0 Å².